The van der Waals surface area contributed by atoms with Gasteiger partial charge in [0.15, 0.2) is 5.69 Å². The van der Waals surface area contributed by atoms with Crippen molar-refractivity contribution in [2.75, 3.05) is 19.6 Å². The molecule has 0 aliphatic carbocycles. The number of rotatable bonds is 3. The maximum atomic E-state index is 14.9. The van der Waals surface area contributed by atoms with Gasteiger partial charge in [-0.1, -0.05) is 30.3 Å². The summed E-state index contributed by atoms with van der Waals surface area (Å²) >= 11 is 6.39. The molecule has 2 aromatic heterocycles. The number of likely N-dealkylation sites (tertiary alicyclic amines) is 2. The second-order valence-electron chi connectivity index (χ2n) is 9.05. The lowest BCUT2D eigenvalue weighted by molar-refractivity contribution is -0.142. The summed E-state index contributed by atoms with van der Waals surface area (Å²) in [6.45, 7) is 7.50. The Morgan fingerprint density at radius 1 is 1.21 bits per heavy atom. The first-order chi connectivity index (χ1) is 15.8. The molecule has 2 aliphatic heterocycles. The summed E-state index contributed by atoms with van der Waals surface area (Å²) < 4.78 is 16.5. The Balaban J connectivity index is 1.48. The van der Waals surface area contributed by atoms with E-state index >= 15 is 0 Å². The van der Waals surface area contributed by atoms with E-state index in [1.807, 2.05) is 17.9 Å². The Kier molecular flexibility index (Phi) is 5.24. The molecular weight excluding hydrogens is 443 g/mol. The van der Waals surface area contributed by atoms with Crippen LogP contribution in [0.1, 0.15) is 30.3 Å². The average Bonchev–Trinajstić information content (AvgIpc) is 3.15. The van der Waals surface area contributed by atoms with Gasteiger partial charge in [-0.2, -0.15) is 5.10 Å². The zero-order valence-electron chi connectivity index (χ0n) is 18.3. The van der Waals surface area contributed by atoms with Crippen molar-refractivity contribution in [3.63, 3.8) is 0 Å². The van der Waals surface area contributed by atoms with Gasteiger partial charge in [-0.3, -0.25) is 9.59 Å². The molecule has 8 heteroatoms. The molecule has 2 aliphatic rings. The number of hydrogen-bond donors (Lipinski definition) is 0. The van der Waals surface area contributed by atoms with Gasteiger partial charge in [0.1, 0.15) is 5.82 Å². The smallest absolute Gasteiger partial charge is 0.275 e. The molecule has 2 saturated heterocycles. The Labute approximate surface area is 196 Å². The first-order valence-corrected chi connectivity index (χ1v) is 11.4. The van der Waals surface area contributed by atoms with Gasteiger partial charge in [0.25, 0.3) is 5.91 Å². The molecule has 2 amide bonds. The highest BCUT2D eigenvalue weighted by molar-refractivity contribution is 6.34. The van der Waals surface area contributed by atoms with Crippen molar-refractivity contribution in [2.45, 2.75) is 25.8 Å². The van der Waals surface area contributed by atoms with Crippen LogP contribution in [0, 0.1) is 11.2 Å². The van der Waals surface area contributed by atoms with Crippen LogP contribution in [-0.2, 0) is 4.79 Å². The summed E-state index contributed by atoms with van der Waals surface area (Å²) in [6.07, 6.45) is 4.67. The van der Waals surface area contributed by atoms with Crippen molar-refractivity contribution in [2.24, 2.45) is 5.41 Å². The van der Waals surface area contributed by atoms with Crippen LogP contribution in [0.25, 0.3) is 16.6 Å². The van der Waals surface area contributed by atoms with E-state index in [0.717, 1.165) is 12.8 Å². The zero-order chi connectivity index (χ0) is 23.3. The summed E-state index contributed by atoms with van der Waals surface area (Å²) in [5, 5.41) is 4.77. The zero-order valence-corrected chi connectivity index (χ0v) is 19.1. The second-order valence-corrected chi connectivity index (χ2v) is 9.46. The maximum Gasteiger partial charge on any atom is 0.275 e. The molecule has 0 N–H and O–H groups in total. The fraction of sp³-hybridized carbons (Fsp3) is 0.320. The van der Waals surface area contributed by atoms with Crippen LogP contribution in [0.3, 0.4) is 0 Å². The predicted octanol–water partition coefficient (Wildman–Crippen LogP) is 4.43. The molecule has 2 fully saturated rings. The average molecular weight is 467 g/mol. The third-order valence-electron chi connectivity index (χ3n) is 6.90. The molecule has 170 valence electrons. The third kappa shape index (κ3) is 3.51. The second kappa shape index (κ2) is 7.99. The van der Waals surface area contributed by atoms with Crippen molar-refractivity contribution in [1.29, 1.82) is 0 Å². The van der Waals surface area contributed by atoms with Crippen molar-refractivity contribution >= 4 is 28.9 Å². The van der Waals surface area contributed by atoms with Crippen molar-refractivity contribution in [3.05, 3.63) is 71.8 Å². The quantitative estimate of drug-likeness (QED) is 0.536. The van der Waals surface area contributed by atoms with Gasteiger partial charge >= 0.3 is 0 Å². The summed E-state index contributed by atoms with van der Waals surface area (Å²) in [4.78, 5) is 29.2. The third-order valence-corrected chi connectivity index (χ3v) is 7.21. The van der Waals surface area contributed by atoms with Gasteiger partial charge in [0.05, 0.1) is 10.5 Å². The standard InChI is InChI=1S/C25H24ClFN4O2/c1-3-20(32)29-14-25(15-29)10-12-30(16(2)13-25)24(33)23-22(19-9-4-5-11-31(19)28-23)21-17(26)7-6-8-18(21)27/h3-9,11,16H,1,10,12-15H2,2H3/t16-/m0/s1. The Morgan fingerprint density at radius 2 is 2.00 bits per heavy atom. The van der Waals surface area contributed by atoms with Crippen LogP contribution < -0.4 is 0 Å². The van der Waals surface area contributed by atoms with Crippen LogP contribution in [-0.4, -0.2) is 56.9 Å². The number of benzene rings is 1. The lowest BCUT2D eigenvalue weighted by Crippen LogP contribution is -2.63. The predicted molar refractivity (Wildman–Crippen MR) is 125 cm³/mol. The highest BCUT2D eigenvalue weighted by Crippen LogP contribution is 2.44. The van der Waals surface area contributed by atoms with Gasteiger partial charge in [-0.25, -0.2) is 8.91 Å². The van der Waals surface area contributed by atoms with Gasteiger partial charge in [0.2, 0.25) is 5.91 Å². The van der Waals surface area contributed by atoms with E-state index in [0.29, 0.717) is 30.7 Å². The minimum Gasteiger partial charge on any atom is -0.338 e. The molecule has 1 aromatic carbocycles. The lowest BCUT2D eigenvalue weighted by atomic mass is 9.69. The van der Waals surface area contributed by atoms with E-state index in [-0.39, 0.29) is 39.6 Å². The van der Waals surface area contributed by atoms with Crippen molar-refractivity contribution in [1.82, 2.24) is 19.4 Å². The molecule has 0 radical (unpaired) electrons. The van der Waals surface area contributed by atoms with Crippen LogP contribution in [0.4, 0.5) is 4.39 Å². The first kappa shape index (κ1) is 21.6. The normalized spacial score (nSPS) is 19.5. The van der Waals surface area contributed by atoms with Gasteiger partial charge in [-0.05, 0) is 50.1 Å². The molecule has 1 spiro atoms. The minimum atomic E-state index is -0.498. The van der Waals surface area contributed by atoms with E-state index in [2.05, 4.69) is 11.7 Å². The topological polar surface area (TPSA) is 57.9 Å². The fourth-order valence-electron chi connectivity index (χ4n) is 5.32. The molecule has 6 nitrogen and oxygen atoms in total. The highest BCUT2D eigenvalue weighted by Gasteiger charge is 2.49. The van der Waals surface area contributed by atoms with E-state index in [1.165, 1.54) is 12.1 Å². The number of hydrogen-bond acceptors (Lipinski definition) is 3. The number of aromatic nitrogens is 2. The summed E-state index contributed by atoms with van der Waals surface area (Å²) in [5.74, 6) is -0.793. The molecular formula is C25H24ClFN4O2. The number of piperidine rings is 1. The molecule has 1 atom stereocenters. The molecule has 0 bridgehead atoms. The van der Waals surface area contributed by atoms with Gasteiger partial charge in [0, 0.05) is 48.4 Å². The van der Waals surface area contributed by atoms with Gasteiger partial charge in [-0.15, -0.1) is 0 Å². The Morgan fingerprint density at radius 3 is 2.70 bits per heavy atom. The summed E-state index contributed by atoms with van der Waals surface area (Å²) in [7, 11) is 0. The summed E-state index contributed by atoms with van der Waals surface area (Å²) in [6, 6.07) is 9.88. The SMILES string of the molecule is C=CC(=O)N1CC2(CCN(C(=O)c3nn4ccccc4c3-c3c(F)cccc3Cl)[C@@H](C)C2)C1. The van der Waals surface area contributed by atoms with E-state index < -0.39 is 5.82 Å². The maximum absolute atomic E-state index is 14.9. The van der Waals surface area contributed by atoms with E-state index in [4.69, 9.17) is 11.6 Å². The largest absolute Gasteiger partial charge is 0.338 e. The number of carbonyl (C=O) groups is 2. The van der Waals surface area contributed by atoms with Crippen LogP contribution in [0.15, 0.2) is 55.3 Å². The molecule has 5 rings (SSSR count). The van der Waals surface area contributed by atoms with Crippen molar-refractivity contribution < 1.29 is 14.0 Å². The van der Waals surface area contributed by atoms with Crippen LogP contribution >= 0.6 is 11.6 Å². The van der Waals surface area contributed by atoms with Crippen molar-refractivity contribution in [3.8, 4) is 11.1 Å². The number of amides is 2. The lowest BCUT2D eigenvalue weighted by Gasteiger charge is -2.55. The number of carbonyl (C=O) groups excluding carboxylic acids is 2. The van der Waals surface area contributed by atoms with Gasteiger partial charge < -0.3 is 9.80 Å². The molecule has 3 aromatic rings. The van der Waals surface area contributed by atoms with E-state index in [1.54, 1.807) is 39.9 Å². The molecule has 0 unspecified atom stereocenters. The number of nitrogens with zero attached hydrogens (tertiary/aromatic N) is 4. The molecule has 0 saturated carbocycles. The fourth-order valence-corrected chi connectivity index (χ4v) is 5.58. The number of halogens is 2. The Bertz CT molecular complexity index is 1260. The molecule has 4 heterocycles. The van der Waals surface area contributed by atoms with E-state index in [9.17, 15) is 14.0 Å². The monoisotopic (exact) mass is 466 g/mol. The van der Waals surface area contributed by atoms with Crippen LogP contribution in [0.5, 0.6) is 0 Å². The number of pyridine rings is 1. The van der Waals surface area contributed by atoms with Crippen LogP contribution in [0.2, 0.25) is 5.02 Å². The first-order valence-electron chi connectivity index (χ1n) is 11.0. The summed E-state index contributed by atoms with van der Waals surface area (Å²) in [5.41, 5.74) is 1.43. The Hall–Kier alpha value is -3.19. The molecule has 33 heavy (non-hydrogen) atoms. The number of fused-ring (bicyclic) bond motifs is 1. The highest BCUT2D eigenvalue weighted by atomic mass is 35.5. The minimum absolute atomic E-state index is 0.0332.